The Labute approximate surface area is 102 Å². The van der Waals surface area contributed by atoms with Crippen molar-refractivity contribution >= 4 is 64.7 Å². The summed E-state index contributed by atoms with van der Waals surface area (Å²) in [5.41, 5.74) is 1.26. The number of rotatable bonds is 1. The molecule has 1 rings (SSSR count). The van der Waals surface area contributed by atoms with E-state index in [9.17, 15) is 0 Å². The maximum atomic E-state index is 3.44. The zero-order valence-electron chi connectivity index (χ0n) is 5.52. The average molecular weight is 435 g/mol. The predicted molar refractivity (Wildman–Crippen MR) is 70.3 cm³/mol. The molecule has 0 N–H and O–H groups in total. The van der Waals surface area contributed by atoms with Gasteiger partial charge in [-0.25, -0.2) is 0 Å². The molecule has 3 heteroatoms. The van der Waals surface area contributed by atoms with Gasteiger partial charge in [-0.05, 0) is 66.7 Å². The molecule has 0 bridgehead atoms. The van der Waals surface area contributed by atoms with Crippen molar-refractivity contribution in [2.24, 2.45) is 0 Å². The maximum Gasteiger partial charge on any atom is 0.0698 e. The van der Waals surface area contributed by atoms with Crippen LogP contribution in [0.4, 0.5) is 0 Å². The molecule has 0 atom stereocenters. The Morgan fingerprint density at radius 1 is 1.09 bits per heavy atom. The second kappa shape index (κ2) is 4.81. The first-order valence-electron chi connectivity index (χ1n) is 2.98. The Bertz CT molecular complexity index is 263. The summed E-state index contributed by atoms with van der Waals surface area (Å²) in [6.45, 7) is 0. The van der Waals surface area contributed by atoms with Crippen LogP contribution in [0, 0.1) is 0 Å². The summed E-state index contributed by atoms with van der Waals surface area (Å²) >= 11 is 8.02. The molecule has 58 valence electrons. The zero-order chi connectivity index (χ0) is 8.27. The molecule has 11 heavy (non-hydrogen) atoms. The van der Waals surface area contributed by atoms with Crippen LogP contribution < -0.4 is 0 Å². The molecule has 0 nitrogen and oxygen atoms in total. The second-order valence-corrected chi connectivity index (χ2v) is 6.37. The van der Waals surface area contributed by atoms with E-state index in [0.717, 1.165) is 2.49 Å². The molecule has 0 amide bonds. The minimum absolute atomic E-state index is 1.15. The van der Waals surface area contributed by atoms with Crippen LogP contribution in [0.25, 0.3) is 3.58 Å². The third-order valence-electron chi connectivity index (χ3n) is 1.19. The van der Waals surface area contributed by atoms with Crippen LogP contribution in [-0.4, -0.2) is 0 Å². The topological polar surface area (TPSA) is 0 Å². The summed E-state index contributed by atoms with van der Waals surface area (Å²) in [5.74, 6) is 0. The van der Waals surface area contributed by atoms with Crippen LogP contribution in [0.15, 0.2) is 32.8 Å². The first-order chi connectivity index (χ1) is 5.22. The van der Waals surface area contributed by atoms with E-state index in [1.807, 2.05) is 18.2 Å². The van der Waals surface area contributed by atoms with Crippen LogP contribution in [0.1, 0.15) is 5.56 Å². The summed E-state index contributed by atoms with van der Waals surface area (Å²) in [5, 5.41) is 0. The Kier molecular flexibility index (Phi) is 4.37. The second-order valence-electron chi connectivity index (χ2n) is 1.94. The molecule has 0 fully saturated rings. The summed E-state index contributed by atoms with van der Waals surface area (Å²) in [6.07, 6.45) is 0. The average Bonchev–Trinajstić information content (AvgIpc) is 2.05. The SMILES string of the molecule is Br/C(I)=C(/I)c1ccccc1. The Morgan fingerprint density at radius 2 is 1.64 bits per heavy atom. The molecule has 0 aliphatic carbocycles. The lowest BCUT2D eigenvalue weighted by molar-refractivity contribution is 1.66. The van der Waals surface area contributed by atoms with Gasteiger partial charge in [0.15, 0.2) is 0 Å². The van der Waals surface area contributed by atoms with Gasteiger partial charge in [0, 0.05) is 3.58 Å². The van der Waals surface area contributed by atoms with Crippen LogP contribution in [0.2, 0.25) is 0 Å². The normalized spacial score (nSPS) is 12.6. The fourth-order valence-electron chi connectivity index (χ4n) is 0.694. The standard InChI is InChI=1S/C8H5BrI2/c9-8(11)7(10)6-4-2-1-3-5-6/h1-5H/b8-7-. The molecule has 0 aromatic heterocycles. The van der Waals surface area contributed by atoms with Crippen LogP contribution in [-0.2, 0) is 0 Å². The van der Waals surface area contributed by atoms with E-state index in [1.54, 1.807) is 0 Å². The van der Waals surface area contributed by atoms with Crippen molar-refractivity contribution in [1.29, 1.82) is 0 Å². The van der Waals surface area contributed by atoms with E-state index in [1.165, 1.54) is 9.14 Å². The summed E-state index contributed by atoms with van der Waals surface area (Å²) in [6, 6.07) is 10.3. The molecule has 0 saturated carbocycles. The van der Waals surface area contributed by atoms with E-state index in [0.29, 0.717) is 0 Å². The third-order valence-corrected chi connectivity index (χ3v) is 5.06. The highest BCUT2D eigenvalue weighted by molar-refractivity contribution is 14.1. The van der Waals surface area contributed by atoms with Crippen LogP contribution in [0.5, 0.6) is 0 Å². The van der Waals surface area contributed by atoms with E-state index >= 15 is 0 Å². The lowest BCUT2D eigenvalue weighted by Gasteiger charge is -1.97. The zero-order valence-corrected chi connectivity index (χ0v) is 11.4. The summed E-state index contributed by atoms with van der Waals surface area (Å²) < 4.78 is 2.41. The van der Waals surface area contributed by atoms with Gasteiger partial charge < -0.3 is 0 Å². The smallest absolute Gasteiger partial charge is 0.0622 e. The van der Waals surface area contributed by atoms with Crippen LogP contribution >= 0.6 is 61.1 Å². The van der Waals surface area contributed by atoms with E-state index in [-0.39, 0.29) is 0 Å². The predicted octanol–water partition coefficient (Wildman–Crippen LogP) is 4.58. The monoisotopic (exact) mass is 434 g/mol. The van der Waals surface area contributed by atoms with Crippen molar-refractivity contribution in [1.82, 2.24) is 0 Å². The molecule has 0 aliphatic rings. The Balaban J connectivity index is 3.04. The molecule has 0 aliphatic heterocycles. The number of benzene rings is 1. The molecule has 0 unspecified atom stereocenters. The highest BCUT2D eigenvalue weighted by atomic mass is 127. The lowest BCUT2D eigenvalue weighted by Crippen LogP contribution is -1.73. The van der Waals surface area contributed by atoms with Gasteiger partial charge in [-0.3, -0.25) is 0 Å². The largest absolute Gasteiger partial charge is 0.0698 e. The van der Waals surface area contributed by atoms with Gasteiger partial charge in [0.1, 0.15) is 0 Å². The first-order valence-corrected chi connectivity index (χ1v) is 5.93. The number of hydrogen-bond donors (Lipinski definition) is 0. The van der Waals surface area contributed by atoms with Crippen LogP contribution in [0.3, 0.4) is 0 Å². The molecular weight excluding hydrogens is 430 g/mol. The fraction of sp³-hybridized carbons (Fsp3) is 0. The van der Waals surface area contributed by atoms with Gasteiger partial charge in [-0.2, -0.15) is 0 Å². The Morgan fingerprint density at radius 3 is 2.09 bits per heavy atom. The van der Waals surface area contributed by atoms with Crippen molar-refractivity contribution < 1.29 is 0 Å². The van der Waals surface area contributed by atoms with Gasteiger partial charge in [-0.1, -0.05) is 30.3 Å². The molecule has 1 aromatic rings. The van der Waals surface area contributed by atoms with E-state index < -0.39 is 0 Å². The van der Waals surface area contributed by atoms with Gasteiger partial charge in [0.05, 0.1) is 2.49 Å². The number of hydrogen-bond acceptors (Lipinski definition) is 0. The molecule has 0 heterocycles. The highest BCUT2D eigenvalue weighted by Gasteiger charge is 1.98. The Hall–Kier alpha value is 0.900. The summed E-state index contributed by atoms with van der Waals surface area (Å²) in [4.78, 5) is 0. The fourth-order valence-corrected chi connectivity index (χ4v) is 1.59. The molecule has 1 aromatic carbocycles. The van der Waals surface area contributed by atoms with Crippen molar-refractivity contribution in [3.05, 3.63) is 38.4 Å². The lowest BCUT2D eigenvalue weighted by atomic mass is 10.2. The first kappa shape index (κ1) is 9.98. The van der Waals surface area contributed by atoms with Crippen molar-refractivity contribution in [2.75, 3.05) is 0 Å². The highest BCUT2D eigenvalue weighted by Crippen LogP contribution is 2.32. The van der Waals surface area contributed by atoms with E-state index in [2.05, 4.69) is 73.2 Å². The van der Waals surface area contributed by atoms with E-state index in [4.69, 9.17) is 0 Å². The number of halogens is 3. The molecule has 0 radical (unpaired) electrons. The van der Waals surface area contributed by atoms with Gasteiger partial charge in [0.25, 0.3) is 0 Å². The maximum absolute atomic E-state index is 3.44. The van der Waals surface area contributed by atoms with Gasteiger partial charge in [0.2, 0.25) is 0 Å². The van der Waals surface area contributed by atoms with Crippen molar-refractivity contribution in [3.8, 4) is 0 Å². The molecule has 0 spiro atoms. The molecular formula is C8H5BrI2. The molecule has 0 saturated heterocycles. The van der Waals surface area contributed by atoms with Crippen molar-refractivity contribution in [2.45, 2.75) is 0 Å². The van der Waals surface area contributed by atoms with Gasteiger partial charge in [-0.15, -0.1) is 0 Å². The third kappa shape index (κ3) is 3.02. The summed E-state index contributed by atoms with van der Waals surface area (Å²) in [7, 11) is 0. The minimum atomic E-state index is 1.15. The van der Waals surface area contributed by atoms with Crippen molar-refractivity contribution in [3.63, 3.8) is 0 Å². The quantitative estimate of drug-likeness (QED) is 0.568. The van der Waals surface area contributed by atoms with Gasteiger partial charge >= 0.3 is 0 Å². The minimum Gasteiger partial charge on any atom is -0.0622 e.